The highest BCUT2D eigenvalue weighted by molar-refractivity contribution is 5.99. The third-order valence-corrected chi connectivity index (χ3v) is 3.13. The molecule has 0 fully saturated rings. The van der Waals surface area contributed by atoms with E-state index < -0.39 is 5.56 Å². The molecule has 0 saturated carbocycles. The molecule has 1 aromatic carbocycles. The Morgan fingerprint density at radius 2 is 2.05 bits per heavy atom. The predicted octanol–water partition coefficient (Wildman–Crippen LogP) is -0.285. The number of benzene rings is 1. The van der Waals surface area contributed by atoms with E-state index in [2.05, 4.69) is 10.1 Å². The number of pyridine rings is 1. The van der Waals surface area contributed by atoms with Crippen molar-refractivity contribution >= 4 is 11.9 Å². The molecule has 1 aliphatic heterocycles. The lowest BCUT2D eigenvalue weighted by Crippen LogP contribution is -2.42. The summed E-state index contributed by atoms with van der Waals surface area (Å²) in [7, 11) is 1.60. The van der Waals surface area contributed by atoms with Crippen molar-refractivity contribution in [1.29, 1.82) is 5.41 Å². The molecule has 100 valence electrons. The van der Waals surface area contributed by atoms with Crippen LogP contribution in [0.25, 0.3) is 6.08 Å². The first-order chi connectivity index (χ1) is 9.58. The molecule has 0 bridgehead atoms. The lowest BCUT2D eigenvalue weighted by atomic mass is 10.1. The molecule has 6 heteroatoms. The highest BCUT2D eigenvalue weighted by atomic mass is 16.3. The maximum Gasteiger partial charge on any atom is 0.260 e. The monoisotopic (exact) mass is 268 g/mol. The lowest BCUT2D eigenvalue weighted by Gasteiger charge is -2.05. The number of hydrogen-bond acceptors (Lipinski definition) is 4. The van der Waals surface area contributed by atoms with Crippen molar-refractivity contribution in [1.82, 2.24) is 9.99 Å². The van der Waals surface area contributed by atoms with Crippen molar-refractivity contribution in [3.05, 3.63) is 62.4 Å². The van der Waals surface area contributed by atoms with Crippen LogP contribution in [0.4, 0.5) is 0 Å². The standard InChI is InChI=1S/C14H12N4O2/c1-18-12(15)10-11(17-18)9(13(19)16-14(10)20)7-8-5-3-2-4-6-8/h2-7,15,20H,1H3,(H,16,19)/b9-7+,15-12?. The molecule has 1 aromatic heterocycles. The third kappa shape index (κ3) is 1.78. The van der Waals surface area contributed by atoms with Crippen LogP contribution in [0.15, 0.2) is 40.2 Å². The molecule has 0 spiro atoms. The highest BCUT2D eigenvalue weighted by Crippen LogP contribution is 2.11. The van der Waals surface area contributed by atoms with Crippen LogP contribution in [-0.2, 0) is 0 Å². The summed E-state index contributed by atoms with van der Waals surface area (Å²) < 4.78 is 0. The zero-order chi connectivity index (χ0) is 14.3. The molecular formula is C14H12N4O2. The first-order valence-corrected chi connectivity index (χ1v) is 6.01. The van der Waals surface area contributed by atoms with E-state index in [1.165, 1.54) is 5.01 Å². The molecule has 0 atom stereocenters. The van der Waals surface area contributed by atoms with Crippen molar-refractivity contribution in [3.8, 4) is 5.88 Å². The lowest BCUT2D eigenvalue weighted by molar-refractivity contribution is 0.449. The smallest absolute Gasteiger partial charge is 0.260 e. The number of rotatable bonds is 1. The second-order valence-electron chi connectivity index (χ2n) is 4.47. The molecular weight excluding hydrogens is 256 g/mol. The van der Waals surface area contributed by atoms with Gasteiger partial charge >= 0.3 is 0 Å². The Morgan fingerprint density at radius 3 is 2.75 bits per heavy atom. The van der Waals surface area contributed by atoms with Crippen LogP contribution in [0.5, 0.6) is 5.88 Å². The Hall–Kier alpha value is -2.89. The first kappa shape index (κ1) is 12.2. The van der Waals surface area contributed by atoms with Crippen molar-refractivity contribution < 1.29 is 5.11 Å². The van der Waals surface area contributed by atoms with Crippen LogP contribution in [-0.4, -0.2) is 28.0 Å². The number of aromatic hydroxyl groups is 1. The number of fused-ring (bicyclic) bond motifs is 1. The topological polar surface area (TPSA) is 92.5 Å². The third-order valence-electron chi connectivity index (χ3n) is 3.13. The maximum absolute atomic E-state index is 12.0. The predicted molar refractivity (Wildman–Crippen MR) is 74.1 cm³/mol. The molecule has 1 aliphatic rings. The SMILES string of the molecule is CN1N=c2c(c(O)[nH]c(=O)/c2=C/c2ccccc2)C1=N. The number of aromatic amines is 1. The number of aromatic nitrogens is 1. The van der Waals surface area contributed by atoms with Gasteiger partial charge in [0.15, 0.2) is 5.84 Å². The molecule has 0 aliphatic carbocycles. The van der Waals surface area contributed by atoms with Gasteiger partial charge in [0, 0.05) is 7.05 Å². The number of hydrogen-bond donors (Lipinski definition) is 3. The summed E-state index contributed by atoms with van der Waals surface area (Å²) in [6.45, 7) is 0. The minimum atomic E-state index is -0.433. The molecule has 2 heterocycles. The fourth-order valence-corrected chi connectivity index (χ4v) is 2.13. The molecule has 2 aromatic rings. The number of amidine groups is 1. The number of nitrogens with one attached hydrogen (secondary N) is 2. The molecule has 0 saturated heterocycles. The average molecular weight is 268 g/mol. The van der Waals surface area contributed by atoms with Crippen LogP contribution in [0.3, 0.4) is 0 Å². The Kier molecular flexibility index (Phi) is 2.64. The highest BCUT2D eigenvalue weighted by Gasteiger charge is 2.22. The quantitative estimate of drug-likeness (QED) is 0.664. The Labute approximate surface area is 113 Å². The van der Waals surface area contributed by atoms with Gasteiger partial charge in [-0.25, -0.2) is 0 Å². The minimum absolute atomic E-state index is 0.0523. The molecule has 3 N–H and O–H groups in total. The van der Waals surface area contributed by atoms with E-state index in [1.807, 2.05) is 30.3 Å². The van der Waals surface area contributed by atoms with Gasteiger partial charge in [-0.2, -0.15) is 5.10 Å². The van der Waals surface area contributed by atoms with E-state index in [4.69, 9.17) is 5.41 Å². The van der Waals surface area contributed by atoms with Crippen LogP contribution < -0.4 is 16.1 Å². The molecule has 0 unspecified atom stereocenters. The Bertz CT molecular complexity index is 869. The van der Waals surface area contributed by atoms with Crippen LogP contribution in [0.1, 0.15) is 11.1 Å². The fraction of sp³-hybridized carbons (Fsp3) is 0.0714. The van der Waals surface area contributed by atoms with Crippen molar-refractivity contribution in [2.75, 3.05) is 7.05 Å². The van der Waals surface area contributed by atoms with Gasteiger partial charge in [-0.3, -0.25) is 20.2 Å². The van der Waals surface area contributed by atoms with Gasteiger partial charge in [-0.1, -0.05) is 30.3 Å². The molecule has 0 amide bonds. The van der Waals surface area contributed by atoms with Gasteiger partial charge in [0.05, 0.1) is 5.22 Å². The number of H-pyrrole nitrogens is 1. The van der Waals surface area contributed by atoms with Gasteiger partial charge in [-0.15, -0.1) is 0 Å². The van der Waals surface area contributed by atoms with Crippen LogP contribution in [0.2, 0.25) is 0 Å². The normalized spacial score (nSPS) is 14.3. The fourth-order valence-electron chi connectivity index (χ4n) is 2.13. The van der Waals surface area contributed by atoms with E-state index >= 15 is 0 Å². The summed E-state index contributed by atoms with van der Waals surface area (Å²) in [4.78, 5) is 14.4. The van der Waals surface area contributed by atoms with E-state index in [0.717, 1.165) is 5.56 Å². The van der Waals surface area contributed by atoms with E-state index in [-0.39, 0.29) is 17.3 Å². The van der Waals surface area contributed by atoms with Crippen molar-refractivity contribution in [2.45, 2.75) is 0 Å². The summed E-state index contributed by atoms with van der Waals surface area (Å²) >= 11 is 0. The average Bonchev–Trinajstić information content (AvgIpc) is 2.72. The first-order valence-electron chi connectivity index (χ1n) is 6.01. The van der Waals surface area contributed by atoms with Crippen LogP contribution in [0, 0.1) is 5.41 Å². The summed E-state index contributed by atoms with van der Waals surface area (Å²) in [6.07, 6.45) is 1.69. The zero-order valence-electron chi connectivity index (χ0n) is 10.7. The maximum atomic E-state index is 12.0. The van der Waals surface area contributed by atoms with Gasteiger partial charge in [0.2, 0.25) is 5.88 Å². The Balaban J connectivity index is 2.40. The van der Waals surface area contributed by atoms with Gasteiger partial charge in [-0.05, 0) is 11.6 Å². The summed E-state index contributed by atoms with van der Waals surface area (Å²) in [5.74, 6) is -0.273. The summed E-state index contributed by atoms with van der Waals surface area (Å²) in [5.41, 5.74) is 0.661. The molecule has 6 nitrogen and oxygen atoms in total. The second kappa shape index (κ2) is 4.34. The largest absolute Gasteiger partial charge is 0.494 e. The zero-order valence-corrected chi connectivity index (χ0v) is 10.7. The van der Waals surface area contributed by atoms with E-state index in [9.17, 15) is 9.90 Å². The van der Waals surface area contributed by atoms with Crippen molar-refractivity contribution in [2.24, 2.45) is 5.10 Å². The molecule has 3 rings (SSSR count). The van der Waals surface area contributed by atoms with Crippen molar-refractivity contribution in [3.63, 3.8) is 0 Å². The number of nitrogens with zero attached hydrogens (tertiary/aromatic N) is 2. The summed E-state index contributed by atoms with van der Waals surface area (Å²) in [6, 6.07) is 9.35. The second-order valence-corrected chi connectivity index (χ2v) is 4.47. The van der Waals surface area contributed by atoms with Gasteiger partial charge < -0.3 is 5.11 Å². The molecule has 20 heavy (non-hydrogen) atoms. The summed E-state index contributed by atoms with van der Waals surface area (Å²) in [5, 5.41) is 23.8. The molecule has 0 radical (unpaired) electrons. The van der Waals surface area contributed by atoms with E-state index in [1.54, 1.807) is 13.1 Å². The van der Waals surface area contributed by atoms with E-state index in [0.29, 0.717) is 10.6 Å². The van der Waals surface area contributed by atoms with Gasteiger partial charge in [0.25, 0.3) is 5.56 Å². The van der Waals surface area contributed by atoms with Gasteiger partial charge in [0.1, 0.15) is 10.9 Å². The van der Waals surface area contributed by atoms with Crippen LogP contribution >= 0.6 is 0 Å². The Morgan fingerprint density at radius 1 is 1.35 bits per heavy atom. The minimum Gasteiger partial charge on any atom is -0.494 e.